The molecule has 5 rings (SSSR count). The summed E-state index contributed by atoms with van der Waals surface area (Å²) in [6.45, 7) is 3.10. The number of esters is 2. The minimum atomic E-state index is -0.497. The molecule has 5 aromatic rings. The molecule has 2 amide bonds. The van der Waals surface area contributed by atoms with Crippen molar-refractivity contribution in [3.63, 3.8) is 0 Å². The van der Waals surface area contributed by atoms with Gasteiger partial charge in [0.2, 0.25) is 0 Å². The highest BCUT2D eigenvalue weighted by Gasteiger charge is 2.21. The summed E-state index contributed by atoms with van der Waals surface area (Å²) in [5.74, 6) is 0.215. The number of benzene rings is 2. The van der Waals surface area contributed by atoms with Gasteiger partial charge in [-0.3, -0.25) is 19.5 Å². The van der Waals surface area contributed by atoms with Crippen LogP contribution >= 0.6 is 12.0 Å². The van der Waals surface area contributed by atoms with Crippen molar-refractivity contribution in [2.75, 3.05) is 49.9 Å². The summed E-state index contributed by atoms with van der Waals surface area (Å²) in [4.78, 5) is 61.9. The molecule has 0 bridgehead atoms. The van der Waals surface area contributed by atoms with E-state index in [-0.39, 0.29) is 38.1 Å². The molecule has 4 N–H and O–H groups in total. The number of aryl methyl sites for hydroxylation is 1. The van der Waals surface area contributed by atoms with Crippen LogP contribution in [0.4, 0.5) is 16.3 Å². The fourth-order valence-electron chi connectivity index (χ4n) is 4.87. The van der Waals surface area contributed by atoms with Crippen LogP contribution in [0.3, 0.4) is 0 Å². The van der Waals surface area contributed by atoms with Crippen molar-refractivity contribution in [2.45, 2.75) is 26.3 Å². The average Bonchev–Trinajstić information content (AvgIpc) is 3.55. The first-order valence-corrected chi connectivity index (χ1v) is 18.6. The number of carbonyl (C=O) groups is 4. The number of rotatable bonds is 15. The molecule has 0 saturated carbocycles. The number of nitrogens with zero attached hydrogens (tertiary/aromatic N) is 5. The Morgan fingerprint density at radius 2 is 1.71 bits per heavy atom. The van der Waals surface area contributed by atoms with E-state index >= 15 is 0 Å². The van der Waals surface area contributed by atoms with E-state index in [1.807, 2.05) is 41.9 Å². The minimum absolute atomic E-state index is 0.0681. The van der Waals surface area contributed by atoms with Crippen molar-refractivity contribution in [3.05, 3.63) is 114 Å². The monoisotopic (exact) mass is 786 g/mol. The molecule has 3 heterocycles. The highest BCUT2D eigenvalue weighted by atomic mass is 32.2. The van der Waals surface area contributed by atoms with Gasteiger partial charge in [0.25, 0.3) is 5.91 Å². The molecule has 56 heavy (non-hydrogen) atoms. The Hall–Kier alpha value is -6.33. The Balaban J connectivity index is 0.000000351. The Labute approximate surface area is 329 Å². The molecule has 0 radical (unpaired) electrons. The van der Waals surface area contributed by atoms with Crippen LogP contribution in [0.15, 0.2) is 91.4 Å². The SMILES string of the molecule is CCOC(=O)CCN(C(=O)c1ccc2c(c1)nc(CNc1ccc(C=N)cc1)n2C)c1ccccn1.CNC(=O)OCCCOC(=O)c1cccnc1.CSO. The third kappa shape index (κ3) is 14.1. The maximum atomic E-state index is 13.5. The number of nitrogens with one attached hydrogen (secondary N) is 3. The minimum Gasteiger partial charge on any atom is -0.466 e. The molecular weight excluding hydrogens is 741 g/mol. The number of ether oxygens (including phenoxy) is 3. The highest BCUT2D eigenvalue weighted by Crippen LogP contribution is 2.21. The van der Waals surface area contributed by atoms with Crippen LogP contribution in [0.1, 0.15) is 51.9 Å². The van der Waals surface area contributed by atoms with E-state index in [1.165, 1.54) is 24.4 Å². The van der Waals surface area contributed by atoms with Crippen molar-refractivity contribution >= 4 is 64.7 Å². The first-order chi connectivity index (χ1) is 27.1. The van der Waals surface area contributed by atoms with Gasteiger partial charge in [0.05, 0.1) is 49.4 Å². The summed E-state index contributed by atoms with van der Waals surface area (Å²) in [7, 11) is 3.41. The molecule has 0 aliphatic heterocycles. The molecule has 3 aromatic heterocycles. The van der Waals surface area contributed by atoms with Gasteiger partial charge < -0.3 is 39.4 Å². The highest BCUT2D eigenvalue weighted by molar-refractivity contribution is 7.93. The fraction of sp³-hybridized carbons (Fsp3) is 0.282. The lowest BCUT2D eigenvalue weighted by molar-refractivity contribution is -0.142. The summed E-state index contributed by atoms with van der Waals surface area (Å²) in [6.07, 6.45) is 7.55. The van der Waals surface area contributed by atoms with Crippen LogP contribution in [-0.4, -0.2) is 93.9 Å². The lowest BCUT2D eigenvalue weighted by Crippen LogP contribution is -2.34. The Morgan fingerprint density at radius 1 is 0.964 bits per heavy atom. The zero-order chi connectivity index (χ0) is 40.7. The largest absolute Gasteiger partial charge is 0.466 e. The van der Waals surface area contributed by atoms with Gasteiger partial charge in [-0.1, -0.05) is 18.2 Å². The number of fused-ring (bicyclic) bond motifs is 1. The van der Waals surface area contributed by atoms with E-state index < -0.39 is 12.1 Å². The van der Waals surface area contributed by atoms with Gasteiger partial charge in [0.15, 0.2) is 0 Å². The second kappa shape index (κ2) is 24.2. The summed E-state index contributed by atoms with van der Waals surface area (Å²) in [6, 6.07) is 21.6. The predicted octanol–water partition coefficient (Wildman–Crippen LogP) is 5.98. The van der Waals surface area contributed by atoms with Crippen molar-refractivity contribution in [1.29, 1.82) is 5.41 Å². The zero-order valence-electron chi connectivity index (χ0n) is 31.6. The molecule has 2 aromatic carbocycles. The number of amides is 2. The maximum Gasteiger partial charge on any atom is 0.406 e. The van der Waals surface area contributed by atoms with Crippen LogP contribution < -0.4 is 15.5 Å². The Morgan fingerprint density at radius 3 is 2.36 bits per heavy atom. The molecule has 296 valence electrons. The number of anilines is 2. The number of carbonyl (C=O) groups excluding carboxylic acids is 4. The van der Waals surface area contributed by atoms with E-state index in [0.29, 0.717) is 42.0 Å². The van der Waals surface area contributed by atoms with E-state index in [4.69, 9.17) is 29.2 Å². The number of hydrogen-bond acceptors (Lipinski definition) is 14. The Bertz CT molecular complexity index is 2000. The third-order valence-corrected chi connectivity index (χ3v) is 7.62. The smallest absolute Gasteiger partial charge is 0.406 e. The van der Waals surface area contributed by atoms with Gasteiger partial charge in [-0.15, -0.1) is 0 Å². The fourth-order valence-corrected chi connectivity index (χ4v) is 4.87. The van der Waals surface area contributed by atoms with Gasteiger partial charge in [-0.2, -0.15) is 0 Å². The van der Waals surface area contributed by atoms with Gasteiger partial charge in [-0.25, -0.2) is 19.6 Å². The van der Waals surface area contributed by atoms with E-state index in [0.717, 1.165) is 34.6 Å². The second-order valence-corrected chi connectivity index (χ2v) is 11.8. The molecule has 0 atom stereocenters. The summed E-state index contributed by atoms with van der Waals surface area (Å²) >= 11 is 0.750. The molecular formula is C39H46N8O8S. The quantitative estimate of drug-likeness (QED) is 0.0317. The Kier molecular flexibility index (Phi) is 19.0. The second-order valence-electron chi connectivity index (χ2n) is 11.4. The lowest BCUT2D eigenvalue weighted by atomic mass is 10.1. The molecule has 0 unspecified atom stereocenters. The van der Waals surface area contributed by atoms with E-state index in [1.54, 1.807) is 68.0 Å². The van der Waals surface area contributed by atoms with Crippen LogP contribution in [0.2, 0.25) is 0 Å². The van der Waals surface area contributed by atoms with E-state index in [2.05, 4.69) is 20.6 Å². The molecule has 0 aliphatic rings. The number of alkyl carbamates (subject to hydrolysis) is 1. The number of pyridine rings is 2. The lowest BCUT2D eigenvalue weighted by Gasteiger charge is -2.21. The number of imidazole rings is 1. The van der Waals surface area contributed by atoms with Crippen LogP contribution in [0.25, 0.3) is 11.0 Å². The molecule has 0 saturated heterocycles. The van der Waals surface area contributed by atoms with Crippen molar-refractivity contribution in [1.82, 2.24) is 24.8 Å². The summed E-state index contributed by atoms with van der Waals surface area (Å²) in [5.41, 5.74) is 4.22. The van der Waals surface area contributed by atoms with E-state index in [9.17, 15) is 19.2 Å². The van der Waals surface area contributed by atoms with Gasteiger partial charge >= 0.3 is 18.0 Å². The molecule has 16 nitrogen and oxygen atoms in total. The molecule has 0 spiro atoms. The number of aromatic nitrogens is 4. The maximum absolute atomic E-state index is 13.5. The van der Waals surface area contributed by atoms with Gasteiger partial charge in [-0.05, 0) is 79.1 Å². The van der Waals surface area contributed by atoms with Crippen molar-refractivity contribution in [3.8, 4) is 0 Å². The van der Waals surface area contributed by atoms with Crippen LogP contribution in [0.5, 0.6) is 0 Å². The topological polar surface area (TPSA) is 211 Å². The first-order valence-electron chi connectivity index (χ1n) is 17.4. The molecule has 0 aliphatic carbocycles. The first kappa shape index (κ1) is 44.1. The van der Waals surface area contributed by atoms with Crippen LogP contribution in [-0.2, 0) is 32.6 Å². The van der Waals surface area contributed by atoms with Gasteiger partial charge in [0.1, 0.15) is 11.6 Å². The zero-order valence-corrected chi connectivity index (χ0v) is 32.5. The molecule has 17 heteroatoms. The summed E-state index contributed by atoms with van der Waals surface area (Å²) < 4.78 is 24.2. The third-order valence-electron chi connectivity index (χ3n) is 7.62. The predicted molar refractivity (Wildman–Crippen MR) is 215 cm³/mol. The standard InChI is InChI=1S/C27H28N6O3.C11H14N2O4.CH4OS/c1-3-36-26(34)13-15-33(24-6-4-5-14-29-24)27(35)20-9-12-23-22(16-20)31-25(32(23)2)18-30-21-10-7-19(17-28)8-11-21;1-12-11(15)17-7-3-6-16-10(14)9-4-2-5-13-8-9;1-3-2/h4-12,14,16-17,28,30H,3,13,15,18H2,1-2H3;2,4-5,8H,3,6-7H2,1H3,(H,12,15);2H,1H3. The van der Waals surface area contributed by atoms with Crippen molar-refractivity contribution < 1.29 is 37.9 Å². The van der Waals surface area contributed by atoms with Crippen molar-refractivity contribution in [2.24, 2.45) is 7.05 Å². The normalized spacial score (nSPS) is 10.1. The molecule has 0 fully saturated rings. The number of hydrogen-bond donors (Lipinski definition) is 4. The van der Waals surface area contributed by atoms with Gasteiger partial charge in [0, 0.05) is 69.4 Å². The summed E-state index contributed by atoms with van der Waals surface area (Å²) in [5, 5.41) is 13.0. The van der Waals surface area contributed by atoms with Crippen LogP contribution in [0, 0.1) is 5.41 Å². The average molecular weight is 787 g/mol.